The van der Waals surface area contributed by atoms with Crippen LogP contribution in [0.2, 0.25) is 0 Å². The van der Waals surface area contributed by atoms with Crippen LogP contribution in [0.5, 0.6) is 0 Å². The van der Waals surface area contributed by atoms with Crippen LogP contribution in [-0.2, 0) is 16.0 Å². The molecule has 2 unspecified atom stereocenters. The molecular formula is C13H20N4O4. The van der Waals surface area contributed by atoms with Crippen LogP contribution in [0.4, 0.5) is 4.79 Å². The molecule has 8 nitrogen and oxygen atoms in total. The van der Waals surface area contributed by atoms with Gasteiger partial charge in [0, 0.05) is 25.4 Å². The minimum atomic E-state index is -1.09. The quantitative estimate of drug-likeness (QED) is 0.601. The molecule has 0 saturated heterocycles. The third-order valence-corrected chi connectivity index (χ3v) is 3.65. The van der Waals surface area contributed by atoms with Gasteiger partial charge in [-0.25, -0.2) is 14.6 Å². The highest BCUT2D eigenvalue weighted by Crippen LogP contribution is 2.21. The molecule has 1 fully saturated rings. The number of carboxylic acids is 1. The summed E-state index contributed by atoms with van der Waals surface area (Å²) in [6.07, 6.45) is 5.87. The number of amides is 2. The number of rotatable bonds is 6. The van der Waals surface area contributed by atoms with Gasteiger partial charge in [-0.15, -0.1) is 0 Å². The summed E-state index contributed by atoms with van der Waals surface area (Å²) in [7, 11) is 1.61. The molecule has 116 valence electrons. The van der Waals surface area contributed by atoms with E-state index in [0.717, 1.165) is 19.3 Å². The Morgan fingerprint density at radius 2 is 2.38 bits per heavy atom. The minimum Gasteiger partial charge on any atom is -0.480 e. The van der Waals surface area contributed by atoms with Gasteiger partial charge in [0.1, 0.15) is 6.04 Å². The maximum Gasteiger partial charge on any atom is 0.326 e. The summed E-state index contributed by atoms with van der Waals surface area (Å²) in [5.41, 5.74) is 0.651. The number of hydrogen-bond donors (Lipinski definition) is 4. The average Bonchev–Trinajstić information content (AvgIpc) is 3.09. The Hall–Kier alpha value is -2.09. The van der Waals surface area contributed by atoms with Crippen molar-refractivity contribution >= 4 is 12.0 Å². The van der Waals surface area contributed by atoms with E-state index in [1.165, 1.54) is 12.5 Å². The van der Waals surface area contributed by atoms with Crippen molar-refractivity contribution < 1.29 is 19.4 Å². The lowest BCUT2D eigenvalue weighted by atomic mass is 10.1. The lowest BCUT2D eigenvalue weighted by molar-refractivity contribution is -0.139. The van der Waals surface area contributed by atoms with Crippen LogP contribution in [0.1, 0.15) is 25.0 Å². The van der Waals surface area contributed by atoms with Crippen molar-refractivity contribution in [2.45, 2.75) is 43.9 Å². The van der Waals surface area contributed by atoms with Crippen molar-refractivity contribution in [1.82, 2.24) is 20.6 Å². The standard InChI is InChI=1S/C13H20N4O4/c1-21-11-4-2-3-9(11)16-13(20)17-10(12(18)19)5-8-6-14-7-15-8/h6-7,9-11H,2-5H2,1H3,(H,14,15)(H,18,19)(H2,16,17,20)/t9?,10-,11?/m1/s1. The van der Waals surface area contributed by atoms with E-state index >= 15 is 0 Å². The highest BCUT2D eigenvalue weighted by Gasteiger charge is 2.29. The number of carbonyl (C=O) groups excluding carboxylic acids is 1. The first kappa shape index (κ1) is 15.3. The van der Waals surface area contributed by atoms with Crippen LogP contribution in [0.25, 0.3) is 0 Å². The third kappa shape index (κ3) is 4.19. The van der Waals surface area contributed by atoms with Crippen LogP contribution in [-0.4, -0.2) is 52.4 Å². The molecule has 3 atom stereocenters. The summed E-state index contributed by atoms with van der Waals surface area (Å²) in [4.78, 5) is 29.8. The second-order valence-electron chi connectivity index (χ2n) is 5.10. The van der Waals surface area contributed by atoms with Crippen molar-refractivity contribution in [3.8, 4) is 0 Å². The van der Waals surface area contributed by atoms with Crippen molar-refractivity contribution in [2.75, 3.05) is 7.11 Å². The van der Waals surface area contributed by atoms with Gasteiger partial charge in [0.2, 0.25) is 0 Å². The maximum absolute atomic E-state index is 11.9. The number of nitrogens with zero attached hydrogens (tertiary/aromatic N) is 1. The molecule has 0 aromatic carbocycles. The molecule has 1 aliphatic rings. The van der Waals surface area contributed by atoms with Crippen molar-refractivity contribution in [3.05, 3.63) is 18.2 Å². The topological polar surface area (TPSA) is 116 Å². The second-order valence-corrected chi connectivity index (χ2v) is 5.10. The number of H-pyrrole nitrogens is 1. The highest BCUT2D eigenvalue weighted by atomic mass is 16.5. The first-order chi connectivity index (χ1) is 10.1. The van der Waals surface area contributed by atoms with E-state index in [4.69, 9.17) is 4.74 Å². The van der Waals surface area contributed by atoms with Crippen molar-refractivity contribution in [3.63, 3.8) is 0 Å². The molecule has 1 aromatic rings. The molecule has 21 heavy (non-hydrogen) atoms. The van der Waals surface area contributed by atoms with E-state index < -0.39 is 18.0 Å². The molecule has 1 saturated carbocycles. The first-order valence-corrected chi connectivity index (χ1v) is 6.90. The summed E-state index contributed by atoms with van der Waals surface area (Å²) in [6, 6.07) is -1.57. The highest BCUT2D eigenvalue weighted by molar-refractivity contribution is 5.82. The Labute approximate surface area is 122 Å². The van der Waals surface area contributed by atoms with Gasteiger partial charge < -0.3 is 25.5 Å². The Bertz CT molecular complexity index is 477. The summed E-state index contributed by atoms with van der Waals surface area (Å²) >= 11 is 0. The fourth-order valence-corrected chi connectivity index (χ4v) is 2.56. The number of aromatic amines is 1. The summed E-state index contributed by atoms with van der Waals surface area (Å²) in [6.45, 7) is 0. The molecule has 0 aliphatic heterocycles. The molecule has 0 bridgehead atoms. The number of aromatic nitrogens is 2. The van der Waals surface area contributed by atoms with E-state index in [1.807, 2.05) is 0 Å². The zero-order chi connectivity index (χ0) is 15.2. The Morgan fingerprint density at radius 3 is 3.00 bits per heavy atom. The molecule has 2 amide bonds. The van der Waals surface area contributed by atoms with Crippen molar-refractivity contribution in [2.24, 2.45) is 0 Å². The number of aliphatic carboxylic acids is 1. The van der Waals surface area contributed by atoms with Crippen LogP contribution in [0.15, 0.2) is 12.5 Å². The predicted octanol–water partition coefficient (Wildman–Crippen LogP) is 0.272. The summed E-state index contributed by atoms with van der Waals surface area (Å²) in [5, 5.41) is 14.4. The fourth-order valence-electron chi connectivity index (χ4n) is 2.56. The molecule has 1 heterocycles. The van der Waals surface area contributed by atoms with Crippen LogP contribution in [0.3, 0.4) is 0 Å². The number of urea groups is 1. The number of nitrogens with one attached hydrogen (secondary N) is 3. The number of imidazole rings is 1. The van der Waals surface area contributed by atoms with E-state index in [-0.39, 0.29) is 18.6 Å². The van der Waals surface area contributed by atoms with E-state index in [0.29, 0.717) is 5.69 Å². The SMILES string of the molecule is COC1CCCC1NC(=O)N[C@H](Cc1cnc[nH]1)C(=O)O. The van der Waals surface area contributed by atoms with Crippen LogP contribution < -0.4 is 10.6 Å². The molecule has 0 radical (unpaired) electrons. The zero-order valence-electron chi connectivity index (χ0n) is 11.8. The predicted molar refractivity (Wildman–Crippen MR) is 73.8 cm³/mol. The van der Waals surface area contributed by atoms with Gasteiger partial charge in [-0.3, -0.25) is 0 Å². The van der Waals surface area contributed by atoms with Crippen LogP contribution in [0, 0.1) is 0 Å². The van der Waals surface area contributed by atoms with Gasteiger partial charge in [-0.2, -0.15) is 0 Å². The minimum absolute atomic E-state index is 0.00775. The van der Waals surface area contributed by atoms with Crippen molar-refractivity contribution in [1.29, 1.82) is 0 Å². The molecule has 8 heteroatoms. The Kier molecular flexibility index (Phi) is 5.15. The van der Waals surface area contributed by atoms with Gasteiger partial charge in [-0.1, -0.05) is 0 Å². The molecule has 4 N–H and O–H groups in total. The maximum atomic E-state index is 11.9. The molecule has 1 aromatic heterocycles. The normalized spacial score (nSPS) is 22.7. The molecule has 1 aliphatic carbocycles. The Balaban J connectivity index is 1.87. The van der Waals surface area contributed by atoms with E-state index in [9.17, 15) is 14.7 Å². The summed E-state index contributed by atoms with van der Waals surface area (Å²) < 4.78 is 5.29. The average molecular weight is 296 g/mol. The molecule has 0 spiro atoms. The van der Waals surface area contributed by atoms with Gasteiger partial charge in [-0.05, 0) is 19.3 Å². The first-order valence-electron chi connectivity index (χ1n) is 6.90. The van der Waals surface area contributed by atoms with Gasteiger partial charge in [0.25, 0.3) is 0 Å². The Morgan fingerprint density at radius 1 is 1.57 bits per heavy atom. The number of methoxy groups -OCH3 is 1. The second kappa shape index (κ2) is 7.07. The monoisotopic (exact) mass is 296 g/mol. The largest absolute Gasteiger partial charge is 0.480 e. The van der Waals surface area contributed by atoms with Gasteiger partial charge >= 0.3 is 12.0 Å². The molecule has 2 rings (SSSR count). The smallest absolute Gasteiger partial charge is 0.326 e. The number of hydrogen-bond acceptors (Lipinski definition) is 4. The number of carboxylic acid groups (broad SMARTS) is 1. The summed E-state index contributed by atoms with van der Waals surface area (Å²) in [5.74, 6) is -1.09. The zero-order valence-corrected chi connectivity index (χ0v) is 11.8. The lowest BCUT2D eigenvalue weighted by Gasteiger charge is -2.21. The van der Waals surface area contributed by atoms with E-state index in [2.05, 4.69) is 20.6 Å². The van der Waals surface area contributed by atoms with Gasteiger partial charge in [0.05, 0.1) is 18.5 Å². The fraction of sp³-hybridized carbons (Fsp3) is 0.615. The third-order valence-electron chi connectivity index (χ3n) is 3.65. The van der Waals surface area contributed by atoms with E-state index in [1.54, 1.807) is 7.11 Å². The van der Waals surface area contributed by atoms with Gasteiger partial charge in [0.15, 0.2) is 0 Å². The van der Waals surface area contributed by atoms with Crippen LogP contribution >= 0.6 is 0 Å². The number of carbonyl (C=O) groups is 2. The number of ether oxygens (including phenoxy) is 1. The molecular weight excluding hydrogens is 276 g/mol. The lowest BCUT2D eigenvalue weighted by Crippen LogP contribution is -2.51.